The van der Waals surface area contributed by atoms with Crippen LogP contribution in [0.25, 0.3) is 0 Å². The van der Waals surface area contributed by atoms with Gasteiger partial charge in [0.25, 0.3) is 0 Å². The maximum Gasteiger partial charge on any atom is 0.416 e. The summed E-state index contributed by atoms with van der Waals surface area (Å²) < 4.78 is 39.3. The molecular formula is C16H23F3N2. The fraction of sp³-hybridized carbons (Fsp3) is 0.625. The first kappa shape index (κ1) is 16.3. The molecule has 0 aromatic heterocycles. The van der Waals surface area contributed by atoms with Gasteiger partial charge < -0.3 is 5.32 Å². The molecule has 2 unspecified atom stereocenters. The van der Waals surface area contributed by atoms with Gasteiger partial charge in [0.1, 0.15) is 0 Å². The highest BCUT2D eigenvalue weighted by Crippen LogP contribution is 2.32. The van der Waals surface area contributed by atoms with E-state index in [9.17, 15) is 13.2 Å². The van der Waals surface area contributed by atoms with Crippen molar-refractivity contribution in [3.05, 3.63) is 35.4 Å². The highest BCUT2D eigenvalue weighted by atomic mass is 19.4. The Hall–Kier alpha value is -1.07. The van der Waals surface area contributed by atoms with Gasteiger partial charge in [-0.15, -0.1) is 0 Å². The van der Waals surface area contributed by atoms with Crippen LogP contribution >= 0.6 is 0 Å². The van der Waals surface area contributed by atoms with Crippen LogP contribution in [-0.4, -0.2) is 30.1 Å². The molecule has 0 amide bonds. The fourth-order valence-corrected chi connectivity index (χ4v) is 2.95. The SMILES string of the molecule is CCC1CN(Cc2ccccc2C(F)(F)F)C(CC)CN1. The molecule has 1 aromatic rings. The van der Waals surface area contributed by atoms with Gasteiger partial charge in [-0.2, -0.15) is 13.2 Å². The molecule has 1 heterocycles. The molecule has 2 rings (SSSR count). The van der Waals surface area contributed by atoms with E-state index in [-0.39, 0.29) is 0 Å². The van der Waals surface area contributed by atoms with Crippen molar-refractivity contribution in [2.24, 2.45) is 0 Å². The zero-order valence-corrected chi connectivity index (χ0v) is 12.6. The summed E-state index contributed by atoms with van der Waals surface area (Å²) in [6, 6.07) is 6.58. The van der Waals surface area contributed by atoms with Gasteiger partial charge >= 0.3 is 6.18 Å². The van der Waals surface area contributed by atoms with Crippen molar-refractivity contribution in [2.75, 3.05) is 13.1 Å². The van der Waals surface area contributed by atoms with Crippen LogP contribution in [0.4, 0.5) is 13.2 Å². The number of alkyl halides is 3. The van der Waals surface area contributed by atoms with Crippen LogP contribution in [0.1, 0.15) is 37.8 Å². The lowest BCUT2D eigenvalue weighted by molar-refractivity contribution is -0.138. The van der Waals surface area contributed by atoms with Crippen LogP contribution in [0.3, 0.4) is 0 Å². The highest BCUT2D eigenvalue weighted by Gasteiger charge is 2.34. The van der Waals surface area contributed by atoms with Crippen molar-refractivity contribution in [1.82, 2.24) is 10.2 Å². The topological polar surface area (TPSA) is 15.3 Å². The lowest BCUT2D eigenvalue weighted by Gasteiger charge is -2.40. The van der Waals surface area contributed by atoms with E-state index in [0.717, 1.165) is 25.9 Å². The van der Waals surface area contributed by atoms with Gasteiger partial charge in [0.05, 0.1) is 5.56 Å². The quantitative estimate of drug-likeness (QED) is 0.913. The standard InChI is InChI=1S/C16H23F3N2/c1-3-13-11-21(14(4-2)9-20-13)10-12-7-5-6-8-15(12)16(17,18)19/h5-8,13-14,20H,3-4,9-11H2,1-2H3. The smallest absolute Gasteiger partial charge is 0.311 e. The Bertz CT molecular complexity index is 459. The number of rotatable bonds is 4. The van der Waals surface area contributed by atoms with Gasteiger partial charge in [0, 0.05) is 31.7 Å². The number of piperazine rings is 1. The second kappa shape index (κ2) is 6.79. The molecule has 1 saturated heterocycles. The Labute approximate surface area is 124 Å². The van der Waals surface area contributed by atoms with E-state index in [1.165, 1.54) is 12.1 Å². The molecule has 1 N–H and O–H groups in total. The molecule has 5 heteroatoms. The third-order valence-electron chi connectivity index (χ3n) is 4.27. The summed E-state index contributed by atoms with van der Waals surface area (Å²) in [5.41, 5.74) is -0.133. The summed E-state index contributed by atoms with van der Waals surface area (Å²) in [6.07, 6.45) is -2.35. The summed E-state index contributed by atoms with van der Waals surface area (Å²) >= 11 is 0. The van der Waals surface area contributed by atoms with E-state index in [1.54, 1.807) is 12.1 Å². The molecule has 1 fully saturated rings. The number of hydrogen-bond acceptors (Lipinski definition) is 2. The van der Waals surface area contributed by atoms with Crippen LogP contribution in [-0.2, 0) is 12.7 Å². The monoisotopic (exact) mass is 300 g/mol. The Kier molecular flexibility index (Phi) is 5.27. The van der Waals surface area contributed by atoms with Crippen LogP contribution in [0.2, 0.25) is 0 Å². The van der Waals surface area contributed by atoms with Gasteiger partial charge in [0.15, 0.2) is 0 Å². The third kappa shape index (κ3) is 3.98. The predicted molar refractivity (Wildman–Crippen MR) is 78.0 cm³/mol. The van der Waals surface area contributed by atoms with Crippen LogP contribution in [0, 0.1) is 0 Å². The Morgan fingerprint density at radius 3 is 2.52 bits per heavy atom. The van der Waals surface area contributed by atoms with Crippen LogP contribution in [0.5, 0.6) is 0 Å². The first-order valence-electron chi connectivity index (χ1n) is 7.58. The molecule has 2 atom stereocenters. The molecule has 0 bridgehead atoms. The Morgan fingerprint density at radius 1 is 1.19 bits per heavy atom. The minimum Gasteiger partial charge on any atom is -0.311 e. The van der Waals surface area contributed by atoms with E-state index in [2.05, 4.69) is 24.1 Å². The lowest BCUT2D eigenvalue weighted by atomic mass is 10.0. The number of nitrogens with zero attached hydrogens (tertiary/aromatic N) is 1. The van der Waals surface area contributed by atoms with Crippen molar-refractivity contribution in [3.8, 4) is 0 Å². The minimum atomic E-state index is -4.28. The van der Waals surface area contributed by atoms with Crippen molar-refractivity contribution in [1.29, 1.82) is 0 Å². The number of benzene rings is 1. The Balaban J connectivity index is 2.19. The predicted octanol–water partition coefficient (Wildman–Crippen LogP) is 3.67. The molecule has 1 aliphatic rings. The van der Waals surface area contributed by atoms with E-state index in [4.69, 9.17) is 0 Å². The number of nitrogens with one attached hydrogen (secondary N) is 1. The van der Waals surface area contributed by atoms with E-state index in [0.29, 0.717) is 24.2 Å². The minimum absolute atomic E-state index is 0.300. The molecule has 0 radical (unpaired) electrons. The van der Waals surface area contributed by atoms with Crippen molar-refractivity contribution >= 4 is 0 Å². The van der Waals surface area contributed by atoms with Gasteiger partial charge in [0.2, 0.25) is 0 Å². The molecule has 0 saturated carbocycles. The summed E-state index contributed by atoms with van der Waals surface area (Å²) in [5.74, 6) is 0. The molecular weight excluding hydrogens is 277 g/mol. The first-order chi connectivity index (χ1) is 9.95. The van der Waals surface area contributed by atoms with Gasteiger partial charge in [-0.05, 0) is 24.5 Å². The van der Waals surface area contributed by atoms with Gasteiger partial charge in [-0.3, -0.25) is 4.90 Å². The Morgan fingerprint density at radius 2 is 1.90 bits per heavy atom. The van der Waals surface area contributed by atoms with Crippen LogP contribution < -0.4 is 5.32 Å². The van der Waals surface area contributed by atoms with Crippen LogP contribution in [0.15, 0.2) is 24.3 Å². The largest absolute Gasteiger partial charge is 0.416 e. The summed E-state index contributed by atoms with van der Waals surface area (Å²) in [6.45, 7) is 6.21. The number of hydrogen-bond donors (Lipinski definition) is 1. The molecule has 1 aromatic carbocycles. The maximum atomic E-state index is 13.1. The van der Waals surface area contributed by atoms with Gasteiger partial charge in [-0.1, -0.05) is 32.0 Å². The third-order valence-corrected chi connectivity index (χ3v) is 4.27. The average Bonchev–Trinajstić information content (AvgIpc) is 2.46. The molecule has 21 heavy (non-hydrogen) atoms. The average molecular weight is 300 g/mol. The second-order valence-electron chi connectivity index (χ2n) is 5.66. The second-order valence-corrected chi connectivity index (χ2v) is 5.66. The molecule has 0 aliphatic carbocycles. The highest BCUT2D eigenvalue weighted by molar-refractivity contribution is 5.29. The molecule has 0 spiro atoms. The molecule has 1 aliphatic heterocycles. The van der Waals surface area contributed by atoms with E-state index in [1.807, 2.05) is 0 Å². The molecule has 118 valence electrons. The number of halogens is 3. The summed E-state index contributed by atoms with van der Waals surface area (Å²) in [7, 11) is 0. The van der Waals surface area contributed by atoms with Crippen molar-refractivity contribution in [2.45, 2.75) is 51.5 Å². The fourth-order valence-electron chi connectivity index (χ4n) is 2.95. The zero-order valence-electron chi connectivity index (χ0n) is 12.6. The zero-order chi connectivity index (χ0) is 15.5. The summed E-state index contributed by atoms with van der Waals surface area (Å²) in [5, 5.41) is 3.47. The van der Waals surface area contributed by atoms with Crippen molar-refractivity contribution in [3.63, 3.8) is 0 Å². The first-order valence-corrected chi connectivity index (χ1v) is 7.58. The van der Waals surface area contributed by atoms with Crippen molar-refractivity contribution < 1.29 is 13.2 Å². The van der Waals surface area contributed by atoms with E-state index >= 15 is 0 Å². The van der Waals surface area contributed by atoms with E-state index < -0.39 is 11.7 Å². The maximum absolute atomic E-state index is 13.1. The lowest BCUT2D eigenvalue weighted by Crippen LogP contribution is -2.55. The van der Waals surface area contributed by atoms with Gasteiger partial charge in [-0.25, -0.2) is 0 Å². The molecule has 2 nitrogen and oxygen atoms in total. The normalized spacial score (nSPS) is 24.2. The summed E-state index contributed by atoms with van der Waals surface area (Å²) in [4.78, 5) is 2.19.